The van der Waals surface area contributed by atoms with Crippen LogP contribution in [0.5, 0.6) is 0 Å². The highest BCUT2D eigenvalue weighted by Crippen LogP contribution is 2.27. The van der Waals surface area contributed by atoms with E-state index in [1.807, 2.05) is 25.1 Å². The van der Waals surface area contributed by atoms with Crippen molar-refractivity contribution < 1.29 is 4.39 Å². The smallest absolute Gasteiger partial charge is 0.131 e. The Bertz CT molecular complexity index is 582. The lowest BCUT2D eigenvalue weighted by molar-refractivity contribution is 0.631. The van der Waals surface area contributed by atoms with Gasteiger partial charge in [-0.25, -0.2) is 4.39 Å². The zero-order chi connectivity index (χ0) is 12.3. The SMILES string of the molecule is Cc1ccc(CC#N)c(-c2ccccc2F)c1. The summed E-state index contributed by atoms with van der Waals surface area (Å²) in [6.45, 7) is 1.96. The van der Waals surface area contributed by atoms with Crippen molar-refractivity contribution in [3.8, 4) is 17.2 Å². The quantitative estimate of drug-likeness (QED) is 0.761. The van der Waals surface area contributed by atoms with Gasteiger partial charge in [0.25, 0.3) is 0 Å². The summed E-state index contributed by atoms with van der Waals surface area (Å²) < 4.78 is 13.7. The second-order valence-corrected chi connectivity index (χ2v) is 3.98. The Labute approximate surface area is 100 Å². The van der Waals surface area contributed by atoms with Gasteiger partial charge < -0.3 is 0 Å². The number of benzene rings is 2. The van der Waals surface area contributed by atoms with Gasteiger partial charge in [-0.15, -0.1) is 0 Å². The van der Waals surface area contributed by atoms with Gasteiger partial charge >= 0.3 is 0 Å². The molecule has 2 aromatic carbocycles. The molecule has 0 saturated carbocycles. The van der Waals surface area contributed by atoms with Gasteiger partial charge in [0, 0.05) is 5.56 Å². The van der Waals surface area contributed by atoms with Crippen LogP contribution in [-0.4, -0.2) is 0 Å². The zero-order valence-corrected chi connectivity index (χ0v) is 9.57. The lowest BCUT2D eigenvalue weighted by Gasteiger charge is -2.09. The number of hydrogen-bond donors (Lipinski definition) is 0. The molecular weight excluding hydrogens is 213 g/mol. The molecule has 1 nitrogen and oxygen atoms in total. The first-order valence-corrected chi connectivity index (χ1v) is 5.44. The van der Waals surface area contributed by atoms with Gasteiger partial charge in [0.15, 0.2) is 0 Å². The molecule has 84 valence electrons. The predicted molar refractivity (Wildman–Crippen MR) is 65.9 cm³/mol. The molecule has 0 heterocycles. The van der Waals surface area contributed by atoms with Crippen LogP contribution >= 0.6 is 0 Å². The van der Waals surface area contributed by atoms with E-state index in [0.717, 1.165) is 16.7 Å². The molecule has 0 radical (unpaired) electrons. The van der Waals surface area contributed by atoms with E-state index in [4.69, 9.17) is 5.26 Å². The van der Waals surface area contributed by atoms with Gasteiger partial charge in [0.2, 0.25) is 0 Å². The summed E-state index contributed by atoms with van der Waals surface area (Å²) in [7, 11) is 0. The highest BCUT2D eigenvalue weighted by atomic mass is 19.1. The summed E-state index contributed by atoms with van der Waals surface area (Å²) in [4.78, 5) is 0. The Hall–Kier alpha value is -2.14. The van der Waals surface area contributed by atoms with E-state index in [1.165, 1.54) is 6.07 Å². The highest BCUT2D eigenvalue weighted by Gasteiger charge is 2.09. The first-order valence-electron chi connectivity index (χ1n) is 5.44. The van der Waals surface area contributed by atoms with Crippen molar-refractivity contribution in [1.82, 2.24) is 0 Å². The van der Waals surface area contributed by atoms with E-state index in [-0.39, 0.29) is 5.82 Å². The summed E-state index contributed by atoms with van der Waals surface area (Å²) in [5.41, 5.74) is 3.29. The van der Waals surface area contributed by atoms with Crippen molar-refractivity contribution in [3.05, 3.63) is 59.4 Å². The molecule has 0 aromatic heterocycles. The maximum atomic E-state index is 13.7. The fourth-order valence-electron chi connectivity index (χ4n) is 1.86. The lowest BCUT2D eigenvalue weighted by atomic mass is 9.96. The Balaban J connectivity index is 2.62. The maximum absolute atomic E-state index is 13.7. The molecule has 0 amide bonds. The molecule has 2 aromatic rings. The van der Waals surface area contributed by atoms with Gasteiger partial charge in [-0.3, -0.25) is 0 Å². The minimum absolute atomic E-state index is 0.253. The summed E-state index contributed by atoms with van der Waals surface area (Å²) >= 11 is 0. The summed E-state index contributed by atoms with van der Waals surface area (Å²) in [5.74, 6) is -0.253. The number of nitrogens with zero attached hydrogens (tertiary/aromatic N) is 1. The van der Waals surface area contributed by atoms with E-state index in [1.54, 1.807) is 18.2 Å². The molecule has 0 bridgehead atoms. The molecule has 2 heteroatoms. The van der Waals surface area contributed by atoms with E-state index in [0.29, 0.717) is 12.0 Å². The van der Waals surface area contributed by atoms with Crippen molar-refractivity contribution in [2.75, 3.05) is 0 Å². The van der Waals surface area contributed by atoms with Crippen molar-refractivity contribution in [1.29, 1.82) is 5.26 Å². The average molecular weight is 225 g/mol. The molecule has 0 saturated heterocycles. The first-order chi connectivity index (χ1) is 8.22. The van der Waals surface area contributed by atoms with Crippen molar-refractivity contribution in [2.45, 2.75) is 13.3 Å². The number of nitriles is 1. The van der Waals surface area contributed by atoms with Gasteiger partial charge in [-0.2, -0.15) is 5.26 Å². The average Bonchev–Trinajstić information content (AvgIpc) is 2.32. The molecule has 0 aliphatic carbocycles. The predicted octanol–water partition coefficient (Wildman–Crippen LogP) is 3.87. The van der Waals surface area contributed by atoms with Gasteiger partial charge in [0.1, 0.15) is 5.82 Å². The fraction of sp³-hybridized carbons (Fsp3) is 0.133. The van der Waals surface area contributed by atoms with E-state index in [2.05, 4.69) is 6.07 Å². The van der Waals surface area contributed by atoms with Crippen molar-refractivity contribution in [2.24, 2.45) is 0 Å². The Morgan fingerprint density at radius 3 is 2.59 bits per heavy atom. The standard InChI is InChI=1S/C15H12FN/c1-11-6-7-12(8-9-17)14(10-11)13-4-2-3-5-15(13)16/h2-7,10H,8H2,1H3. The lowest BCUT2D eigenvalue weighted by Crippen LogP contribution is -1.92. The number of hydrogen-bond acceptors (Lipinski definition) is 1. The molecule has 0 aliphatic rings. The van der Waals surface area contributed by atoms with E-state index >= 15 is 0 Å². The minimum Gasteiger partial charge on any atom is -0.206 e. The number of aryl methyl sites for hydroxylation is 1. The third-order valence-electron chi connectivity index (χ3n) is 2.70. The Morgan fingerprint density at radius 2 is 1.88 bits per heavy atom. The Morgan fingerprint density at radius 1 is 1.12 bits per heavy atom. The third kappa shape index (κ3) is 2.34. The fourth-order valence-corrected chi connectivity index (χ4v) is 1.86. The second kappa shape index (κ2) is 4.80. The van der Waals surface area contributed by atoms with Crippen LogP contribution in [0.15, 0.2) is 42.5 Å². The molecule has 0 atom stereocenters. The largest absolute Gasteiger partial charge is 0.206 e. The summed E-state index contributed by atoms with van der Waals surface area (Å²) in [6, 6.07) is 14.5. The van der Waals surface area contributed by atoms with E-state index in [9.17, 15) is 4.39 Å². The molecule has 17 heavy (non-hydrogen) atoms. The van der Waals surface area contributed by atoms with Gasteiger partial charge in [-0.1, -0.05) is 42.0 Å². The van der Waals surface area contributed by atoms with Crippen LogP contribution in [0.25, 0.3) is 11.1 Å². The number of halogens is 1. The summed E-state index contributed by atoms with van der Waals surface area (Å²) in [5, 5.41) is 8.79. The summed E-state index contributed by atoms with van der Waals surface area (Å²) in [6.07, 6.45) is 0.296. The zero-order valence-electron chi connectivity index (χ0n) is 9.57. The van der Waals surface area contributed by atoms with Crippen LogP contribution < -0.4 is 0 Å². The molecule has 2 rings (SSSR count). The molecule has 0 N–H and O–H groups in total. The molecule has 0 aliphatic heterocycles. The van der Waals surface area contributed by atoms with Crippen LogP contribution in [0.3, 0.4) is 0 Å². The molecule has 0 unspecified atom stereocenters. The van der Waals surface area contributed by atoms with Crippen LogP contribution in [0.1, 0.15) is 11.1 Å². The van der Waals surface area contributed by atoms with Gasteiger partial charge in [-0.05, 0) is 24.1 Å². The minimum atomic E-state index is -0.253. The molecule has 0 spiro atoms. The normalized spacial score (nSPS) is 9.94. The molecular formula is C15H12FN. The topological polar surface area (TPSA) is 23.8 Å². The highest BCUT2D eigenvalue weighted by molar-refractivity contribution is 5.69. The maximum Gasteiger partial charge on any atom is 0.131 e. The van der Waals surface area contributed by atoms with Crippen molar-refractivity contribution >= 4 is 0 Å². The second-order valence-electron chi connectivity index (χ2n) is 3.98. The van der Waals surface area contributed by atoms with Gasteiger partial charge in [0.05, 0.1) is 12.5 Å². The van der Waals surface area contributed by atoms with Crippen LogP contribution in [0.4, 0.5) is 4.39 Å². The Kier molecular flexibility index (Phi) is 3.20. The van der Waals surface area contributed by atoms with Crippen LogP contribution in [-0.2, 0) is 6.42 Å². The van der Waals surface area contributed by atoms with Crippen molar-refractivity contribution in [3.63, 3.8) is 0 Å². The third-order valence-corrected chi connectivity index (χ3v) is 2.70. The van der Waals surface area contributed by atoms with Crippen LogP contribution in [0, 0.1) is 24.1 Å². The number of rotatable bonds is 2. The first kappa shape index (κ1) is 11.3. The molecule has 0 fully saturated rings. The monoisotopic (exact) mass is 225 g/mol. The van der Waals surface area contributed by atoms with E-state index < -0.39 is 0 Å². The van der Waals surface area contributed by atoms with Crippen LogP contribution in [0.2, 0.25) is 0 Å².